The van der Waals surface area contributed by atoms with Crippen LogP contribution in [0.15, 0.2) is 16.6 Å². The lowest BCUT2D eigenvalue weighted by Crippen LogP contribution is -2.09. The maximum absolute atomic E-state index is 8.62. The van der Waals surface area contributed by atoms with Gasteiger partial charge in [0.15, 0.2) is 0 Å². The first-order valence-electron chi connectivity index (χ1n) is 4.33. The molecule has 0 saturated carbocycles. The van der Waals surface area contributed by atoms with Crippen LogP contribution in [0.1, 0.15) is 6.92 Å². The third kappa shape index (κ3) is 3.27. The van der Waals surface area contributed by atoms with Crippen LogP contribution in [-0.4, -0.2) is 6.54 Å². The minimum atomic E-state index is -0.0662. The lowest BCUT2D eigenvalue weighted by molar-refractivity contribution is 0.786. The van der Waals surface area contributed by atoms with Crippen molar-refractivity contribution in [3.63, 3.8) is 0 Å². The van der Waals surface area contributed by atoms with E-state index in [1.165, 1.54) is 0 Å². The number of hydrogen-bond acceptors (Lipinski definition) is 2. The molecule has 5 heteroatoms. The van der Waals surface area contributed by atoms with E-state index in [1.54, 1.807) is 0 Å². The summed E-state index contributed by atoms with van der Waals surface area (Å²) >= 11 is 15.2. The molecule has 80 valence electrons. The molecule has 1 rings (SSSR count). The third-order valence-electron chi connectivity index (χ3n) is 1.85. The van der Waals surface area contributed by atoms with Crippen molar-refractivity contribution >= 4 is 44.8 Å². The number of nitrogens with one attached hydrogen (secondary N) is 1. The second-order valence-corrected chi connectivity index (χ2v) is 4.74. The van der Waals surface area contributed by atoms with E-state index in [9.17, 15) is 0 Å². The molecule has 1 aromatic rings. The van der Waals surface area contributed by atoms with E-state index < -0.39 is 0 Å². The summed E-state index contributed by atoms with van der Waals surface area (Å²) in [6.07, 6.45) is 0. The second-order valence-electron chi connectivity index (χ2n) is 3.13. The molecule has 0 radical (unpaired) electrons. The van der Waals surface area contributed by atoms with Gasteiger partial charge in [-0.15, -0.1) is 0 Å². The van der Waals surface area contributed by atoms with Crippen molar-refractivity contribution < 1.29 is 0 Å². The first kappa shape index (κ1) is 12.6. The molecule has 0 aliphatic heterocycles. The van der Waals surface area contributed by atoms with Crippen LogP contribution in [-0.2, 0) is 0 Å². The van der Waals surface area contributed by atoms with Crippen molar-refractivity contribution in [3.8, 4) is 6.07 Å². The smallest absolute Gasteiger partial charge is 0.0835 e. The summed E-state index contributed by atoms with van der Waals surface area (Å²) in [5, 5.41) is 12.6. The monoisotopic (exact) mass is 306 g/mol. The van der Waals surface area contributed by atoms with E-state index >= 15 is 0 Å². The number of anilines is 1. The van der Waals surface area contributed by atoms with E-state index in [0.29, 0.717) is 16.6 Å². The molecule has 0 aliphatic rings. The SMILES string of the molecule is CC(C#N)CNc1ccc(Br)c(Cl)c1Cl. The molecule has 0 saturated heterocycles. The molecule has 1 unspecified atom stereocenters. The summed E-state index contributed by atoms with van der Waals surface area (Å²) in [6.45, 7) is 2.38. The van der Waals surface area contributed by atoms with E-state index in [4.69, 9.17) is 28.5 Å². The van der Waals surface area contributed by atoms with Gasteiger partial charge < -0.3 is 5.32 Å². The van der Waals surface area contributed by atoms with Crippen LogP contribution >= 0.6 is 39.1 Å². The zero-order chi connectivity index (χ0) is 11.4. The van der Waals surface area contributed by atoms with Crippen molar-refractivity contribution in [3.05, 3.63) is 26.7 Å². The van der Waals surface area contributed by atoms with Gasteiger partial charge in [-0.05, 0) is 35.0 Å². The Labute approximate surface area is 107 Å². The minimum absolute atomic E-state index is 0.0662. The normalized spacial score (nSPS) is 11.9. The number of nitrogens with zero attached hydrogens (tertiary/aromatic N) is 1. The molecular weight excluding hydrogens is 299 g/mol. The van der Waals surface area contributed by atoms with Crippen LogP contribution in [0.3, 0.4) is 0 Å². The van der Waals surface area contributed by atoms with Gasteiger partial charge in [-0.2, -0.15) is 5.26 Å². The van der Waals surface area contributed by atoms with Crippen molar-refractivity contribution in [2.45, 2.75) is 6.92 Å². The summed E-state index contributed by atoms with van der Waals surface area (Å²) in [5.74, 6) is -0.0662. The maximum Gasteiger partial charge on any atom is 0.0835 e. The summed E-state index contributed by atoms with van der Waals surface area (Å²) in [6, 6.07) is 5.77. The maximum atomic E-state index is 8.62. The van der Waals surface area contributed by atoms with E-state index in [0.717, 1.165) is 10.2 Å². The lowest BCUT2D eigenvalue weighted by atomic mass is 10.2. The lowest BCUT2D eigenvalue weighted by Gasteiger charge is -2.10. The van der Waals surface area contributed by atoms with Crippen LogP contribution in [0.5, 0.6) is 0 Å². The second kappa shape index (κ2) is 5.60. The summed E-state index contributed by atoms with van der Waals surface area (Å²) in [4.78, 5) is 0. The van der Waals surface area contributed by atoms with Crippen molar-refractivity contribution in [1.82, 2.24) is 0 Å². The van der Waals surface area contributed by atoms with Crippen molar-refractivity contribution in [2.24, 2.45) is 5.92 Å². The Kier molecular flexibility index (Phi) is 4.72. The Morgan fingerprint density at radius 3 is 2.73 bits per heavy atom. The van der Waals surface area contributed by atoms with Gasteiger partial charge >= 0.3 is 0 Å². The summed E-state index contributed by atoms with van der Waals surface area (Å²) in [5.41, 5.74) is 0.743. The van der Waals surface area contributed by atoms with Crippen LogP contribution in [0.2, 0.25) is 10.0 Å². The number of rotatable bonds is 3. The Morgan fingerprint density at radius 1 is 1.47 bits per heavy atom. The van der Waals surface area contributed by atoms with E-state index in [1.807, 2.05) is 19.1 Å². The van der Waals surface area contributed by atoms with Gasteiger partial charge in [0.25, 0.3) is 0 Å². The first-order chi connectivity index (χ1) is 7.06. The van der Waals surface area contributed by atoms with Crippen LogP contribution in [0.25, 0.3) is 0 Å². The van der Waals surface area contributed by atoms with E-state index in [-0.39, 0.29) is 5.92 Å². The Morgan fingerprint density at radius 2 is 2.13 bits per heavy atom. The molecular formula is C10H9BrCl2N2. The van der Waals surface area contributed by atoms with Gasteiger partial charge in [0.2, 0.25) is 0 Å². The predicted molar refractivity (Wildman–Crippen MR) is 67.4 cm³/mol. The Balaban J connectivity index is 2.80. The highest BCUT2D eigenvalue weighted by Crippen LogP contribution is 2.35. The average Bonchev–Trinajstić information content (AvgIpc) is 2.24. The topological polar surface area (TPSA) is 35.8 Å². The molecule has 1 N–H and O–H groups in total. The van der Waals surface area contributed by atoms with Gasteiger partial charge in [0.05, 0.1) is 27.7 Å². The fraction of sp³-hybridized carbons (Fsp3) is 0.300. The van der Waals surface area contributed by atoms with Crippen LogP contribution in [0, 0.1) is 17.2 Å². The highest BCUT2D eigenvalue weighted by atomic mass is 79.9. The van der Waals surface area contributed by atoms with E-state index in [2.05, 4.69) is 27.3 Å². The Bertz CT molecular complexity index is 401. The minimum Gasteiger partial charge on any atom is -0.382 e. The molecule has 0 aromatic heterocycles. The summed E-state index contributed by atoms with van der Waals surface area (Å²) in [7, 11) is 0. The fourth-order valence-corrected chi connectivity index (χ4v) is 1.81. The zero-order valence-corrected chi connectivity index (χ0v) is 11.1. The number of hydrogen-bond donors (Lipinski definition) is 1. The molecule has 0 bridgehead atoms. The van der Waals surface area contributed by atoms with Gasteiger partial charge in [0, 0.05) is 11.0 Å². The highest BCUT2D eigenvalue weighted by Gasteiger charge is 2.08. The van der Waals surface area contributed by atoms with Crippen molar-refractivity contribution in [1.29, 1.82) is 5.26 Å². The molecule has 1 aromatic carbocycles. The number of nitriles is 1. The molecule has 0 fully saturated rings. The van der Waals surface area contributed by atoms with Gasteiger partial charge in [-0.25, -0.2) is 0 Å². The quantitative estimate of drug-likeness (QED) is 0.844. The fourth-order valence-electron chi connectivity index (χ4n) is 0.971. The highest BCUT2D eigenvalue weighted by molar-refractivity contribution is 9.10. The molecule has 2 nitrogen and oxygen atoms in total. The Hall–Kier alpha value is -0.430. The summed E-state index contributed by atoms with van der Waals surface area (Å²) < 4.78 is 0.757. The number of benzene rings is 1. The zero-order valence-electron chi connectivity index (χ0n) is 8.02. The third-order valence-corrected chi connectivity index (χ3v) is 3.63. The number of halogens is 3. The van der Waals surface area contributed by atoms with Crippen LogP contribution < -0.4 is 5.32 Å². The molecule has 0 amide bonds. The molecule has 0 heterocycles. The molecule has 0 spiro atoms. The molecule has 15 heavy (non-hydrogen) atoms. The van der Waals surface area contributed by atoms with Gasteiger partial charge in [-0.3, -0.25) is 0 Å². The van der Waals surface area contributed by atoms with Crippen molar-refractivity contribution in [2.75, 3.05) is 11.9 Å². The molecule has 1 atom stereocenters. The predicted octanol–water partition coefficient (Wildman–Crippen LogP) is 4.33. The molecule has 0 aliphatic carbocycles. The largest absolute Gasteiger partial charge is 0.382 e. The van der Waals surface area contributed by atoms with Gasteiger partial charge in [-0.1, -0.05) is 23.2 Å². The standard InChI is InChI=1S/C10H9BrCl2N2/c1-6(4-14)5-15-8-3-2-7(11)9(12)10(8)13/h2-3,6,15H,5H2,1H3. The van der Waals surface area contributed by atoms with Gasteiger partial charge in [0.1, 0.15) is 0 Å². The van der Waals surface area contributed by atoms with Crippen LogP contribution in [0.4, 0.5) is 5.69 Å². The average molecular weight is 308 g/mol. The first-order valence-corrected chi connectivity index (χ1v) is 5.88.